The minimum absolute atomic E-state index is 0.497. The van der Waals surface area contributed by atoms with E-state index in [1.165, 1.54) is 0 Å². The monoisotopic (exact) mass is 194 g/mol. The van der Waals surface area contributed by atoms with Crippen molar-refractivity contribution in [3.63, 3.8) is 0 Å². The van der Waals surface area contributed by atoms with E-state index in [0.29, 0.717) is 6.54 Å². The molecule has 14 heavy (non-hydrogen) atoms. The molecular formula is C11H16NO2. The van der Waals surface area contributed by atoms with Crippen molar-refractivity contribution < 1.29 is 9.84 Å². The summed E-state index contributed by atoms with van der Waals surface area (Å²) in [5, 5.41) is 9.73. The molecule has 0 aliphatic carbocycles. The van der Waals surface area contributed by atoms with Crippen LogP contribution < -0.4 is 4.74 Å². The first-order chi connectivity index (χ1) is 6.63. The Bertz CT molecular complexity index is 269. The third-order valence-corrected chi connectivity index (χ3v) is 1.99. The van der Waals surface area contributed by atoms with Gasteiger partial charge < -0.3 is 14.7 Å². The highest BCUT2D eigenvalue weighted by atomic mass is 16.5. The second kappa shape index (κ2) is 4.98. The third-order valence-electron chi connectivity index (χ3n) is 1.99. The van der Waals surface area contributed by atoms with Crippen molar-refractivity contribution in [1.82, 2.24) is 4.90 Å². The van der Waals surface area contributed by atoms with E-state index in [0.717, 1.165) is 11.3 Å². The molecule has 77 valence electrons. The Balaban J connectivity index is 2.66. The number of rotatable bonds is 4. The van der Waals surface area contributed by atoms with Gasteiger partial charge in [0.2, 0.25) is 0 Å². The molecule has 0 aliphatic rings. The number of aliphatic hydroxyl groups excluding tert-OH is 1. The Hall–Kier alpha value is -1.06. The van der Waals surface area contributed by atoms with Crippen LogP contribution in [-0.4, -0.2) is 30.7 Å². The first kappa shape index (κ1) is 11.0. The van der Waals surface area contributed by atoms with E-state index in [2.05, 4.69) is 7.05 Å². The molecule has 1 unspecified atom stereocenters. The van der Waals surface area contributed by atoms with Gasteiger partial charge in [0, 0.05) is 13.6 Å². The third kappa shape index (κ3) is 3.01. The Kier molecular flexibility index (Phi) is 3.92. The van der Waals surface area contributed by atoms with Gasteiger partial charge in [-0.25, -0.2) is 0 Å². The second-order valence-corrected chi connectivity index (χ2v) is 3.33. The van der Waals surface area contributed by atoms with Gasteiger partial charge in [-0.3, -0.25) is 0 Å². The predicted molar refractivity (Wildman–Crippen MR) is 55.9 cm³/mol. The minimum Gasteiger partial charge on any atom is -0.497 e. The fraction of sp³-hybridized carbons (Fsp3) is 0.364. The number of aliphatic hydroxyl groups is 1. The molecule has 0 spiro atoms. The molecule has 1 rings (SSSR count). The highest BCUT2D eigenvalue weighted by Gasteiger charge is 2.07. The van der Waals surface area contributed by atoms with Crippen molar-refractivity contribution in [2.75, 3.05) is 20.7 Å². The number of nitrogens with zero attached hydrogens (tertiary/aromatic N) is 1. The second-order valence-electron chi connectivity index (χ2n) is 3.33. The minimum atomic E-state index is -0.497. The van der Waals surface area contributed by atoms with Gasteiger partial charge in [0.15, 0.2) is 0 Å². The lowest BCUT2D eigenvalue weighted by Gasteiger charge is -2.16. The smallest absolute Gasteiger partial charge is 0.118 e. The largest absolute Gasteiger partial charge is 0.497 e. The van der Waals surface area contributed by atoms with Crippen molar-refractivity contribution in [2.45, 2.75) is 6.10 Å². The molecule has 0 saturated heterocycles. The van der Waals surface area contributed by atoms with Gasteiger partial charge in [-0.15, -0.1) is 0 Å². The van der Waals surface area contributed by atoms with Gasteiger partial charge in [-0.05, 0) is 24.7 Å². The summed E-state index contributed by atoms with van der Waals surface area (Å²) in [6.45, 7) is 0.520. The van der Waals surface area contributed by atoms with Crippen LogP contribution in [0.25, 0.3) is 0 Å². The standard InChI is InChI=1S/C11H16NO2/c1-12(2)8-11(13)9-4-6-10(14-3)7-5-9/h4-7,11,13H,1,8H2,2-3H3. The SMILES string of the molecule is [CH2]N(C)CC(O)c1ccc(OC)cc1. The van der Waals surface area contributed by atoms with Crippen molar-refractivity contribution in [3.05, 3.63) is 36.9 Å². The highest BCUT2D eigenvalue weighted by molar-refractivity contribution is 5.28. The molecule has 0 amide bonds. The highest BCUT2D eigenvalue weighted by Crippen LogP contribution is 2.17. The molecule has 3 heteroatoms. The van der Waals surface area contributed by atoms with Crippen molar-refractivity contribution >= 4 is 0 Å². The summed E-state index contributed by atoms with van der Waals surface area (Å²) >= 11 is 0. The Morgan fingerprint density at radius 3 is 2.43 bits per heavy atom. The number of likely N-dealkylation sites (N-methyl/N-ethyl adjacent to an activating group) is 1. The van der Waals surface area contributed by atoms with Crippen LogP contribution in [0.3, 0.4) is 0 Å². The van der Waals surface area contributed by atoms with Gasteiger partial charge in [0.05, 0.1) is 13.2 Å². The maximum absolute atomic E-state index is 9.73. The van der Waals surface area contributed by atoms with E-state index in [9.17, 15) is 5.11 Å². The lowest BCUT2D eigenvalue weighted by atomic mass is 10.1. The molecule has 0 aliphatic heterocycles. The molecule has 1 aromatic carbocycles. The molecule has 0 bridgehead atoms. The van der Waals surface area contributed by atoms with E-state index >= 15 is 0 Å². The Morgan fingerprint density at radius 2 is 2.00 bits per heavy atom. The summed E-state index contributed by atoms with van der Waals surface area (Å²) in [5.41, 5.74) is 0.876. The molecule has 1 aromatic rings. The molecule has 0 heterocycles. The molecule has 1 N–H and O–H groups in total. The zero-order chi connectivity index (χ0) is 10.6. The summed E-state index contributed by atoms with van der Waals surface area (Å²) in [4.78, 5) is 1.70. The van der Waals surface area contributed by atoms with Gasteiger partial charge in [0.1, 0.15) is 5.75 Å². The van der Waals surface area contributed by atoms with E-state index in [4.69, 9.17) is 4.74 Å². The first-order valence-corrected chi connectivity index (χ1v) is 4.47. The predicted octanol–water partition coefficient (Wildman–Crippen LogP) is 1.45. The van der Waals surface area contributed by atoms with E-state index in [-0.39, 0.29) is 0 Å². The van der Waals surface area contributed by atoms with Gasteiger partial charge >= 0.3 is 0 Å². The molecule has 1 atom stereocenters. The van der Waals surface area contributed by atoms with E-state index < -0.39 is 6.10 Å². The van der Waals surface area contributed by atoms with Gasteiger partial charge in [0.25, 0.3) is 0 Å². The average Bonchev–Trinajstić information content (AvgIpc) is 2.17. The molecular weight excluding hydrogens is 178 g/mol. The zero-order valence-corrected chi connectivity index (χ0v) is 8.60. The average molecular weight is 194 g/mol. The van der Waals surface area contributed by atoms with Crippen molar-refractivity contribution in [3.8, 4) is 5.75 Å². The Labute approximate surface area is 84.9 Å². The Morgan fingerprint density at radius 1 is 1.43 bits per heavy atom. The van der Waals surface area contributed by atoms with Gasteiger partial charge in [-0.2, -0.15) is 0 Å². The maximum Gasteiger partial charge on any atom is 0.118 e. The van der Waals surface area contributed by atoms with Crippen molar-refractivity contribution in [2.24, 2.45) is 0 Å². The lowest BCUT2D eigenvalue weighted by Crippen LogP contribution is -2.17. The van der Waals surface area contributed by atoms with Crippen LogP contribution >= 0.6 is 0 Å². The first-order valence-electron chi connectivity index (χ1n) is 4.47. The van der Waals surface area contributed by atoms with Crippen LogP contribution in [0.4, 0.5) is 0 Å². The number of hydrogen-bond donors (Lipinski definition) is 1. The quantitative estimate of drug-likeness (QED) is 0.787. The van der Waals surface area contributed by atoms with Crippen LogP contribution in [0, 0.1) is 7.05 Å². The van der Waals surface area contributed by atoms with Crippen LogP contribution in [0.1, 0.15) is 11.7 Å². The number of hydrogen-bond acceptors (Lipinski definition) is 3. The van der Waals surface area contributed by atoms with Crippen LogP contribution in [0.15, 0.2) is 24.3 Å². The van der Waals surface area contributed by atoms with Crippen LogP contribution in [-0.2, 0) is 0 Å². The molecule has 0 fully saturated rings. The molecule has 1 radical (unpaired) electrons. The van der Waals surface area contributed by atoms with Crippen LogP contribution in [0.2, 0.25) is 0 Å². The zero-order valence-electron chi connectivity index (χ0n) is 8.60. The van der Waals surface area contributed by atoms with Gasteiger partial charge in [-0.1, -0.05) is 12.1 Å². The fourth-order valence-corrected chi connectivity index (χ4v) is 1.23. The lowest BCUT2D eigenvalue weighted by molar-refractivity contribution is 0.144. The van der Waals surface area contributed by atoms with Crippen molar-refractivity contribution in [1.29, 1.82) is 0 Å². The normalized spacial score (nSPS) is 12.9. The molecule has 3 nitrogen and oxygen atoms in total. The summed E-state index contributed by atoms with van der Waals surface area (Å²) in [6.07, 6.45) is -0.497. The maximum atomic E-state index is 9.73. The summed E-state index contributed by atoms with van der Waals surface area (Å²) < 4.78 is 5.03. The van der Waals surface area contributed by atoms with E-state index in [1.54, 1.807) is 12.0 Å². The summed E-state index contributed by atoms with van der Waals surface area (Å²) in [5.74, 6) is 0.795. The molecule has 0 saturated carbocycles. The summed E-state index contributed by atoms with van der Waals surface area (Å²) in [7, 11) is 7.13. The topological polar surface area (TPSA) is 32.7 Å². The van der Waals surface area contributed by atoms with Crippen LogP contribution in [0.5, 0.6) is 5.75 Å². The fourth-order valence-electron chi connectivity index (χ4n) is 1.23. The number of ether oxygens (including phenoxy) is 1. The summed E-state index contributed by atoms with van der Waals surface area (Å²) in [6, 6.07) is 7.38. The number of benzene rings is 1. The molecule has 0 aromatic heterocycles. The number of methoxy groups -OCH3 is 1. The van der Waals surface area contributed by atoms with E-state index in [1.807, 2.05) is 31.3 Å².